The highest BCUT2D eigenvalue weighted by Gasteiger charge is 2.32. The van der Waals surface area contributed by atoms with Crippen molar-refractivity contribution in [2.75, 3.05) is 11.9 Å². The second kappa shape index (κ2) is 4.10. The molecule has 12 heavy (non-hydrogen) atoms. The van der Waals surface area contributed by atoms with Crippen molar-refractivity contribution in [3.8, 4) is 0 Å². The zero-order valence-corrected chi connectivity index (χ0v) is 9.86. The molecule has 2 atom stereocenters. The Morgan fingerprint density at radius 1 is 1.58 bits per heavy atom. The Labute approximate surface area is 84.0 Å². The summed E-state index contributed by atoms with van der Waals surface area (Å²) in [5.41, 5.74) is 0.413. The van der Waals surface area contributed by atoms with Crippen LogP contribution in [0.1, 0.15) is 33.6 Å². The van der Waals surface area contributed by atoms with E-state index in [1.54, 1.807) is 0 Å². The van der Waals surface area contributed by atoms with Crippen LogP contribution in [0.2, 0.25) is 0 Å². The predicted octanol–water partition coefficient (Wildman–Crippen LogP) is 3.22. The fraction of sp³-hybridized carbons (Fsp3) is 1.00. The van der Waals surface area contributed by atoms with Crippen LogP contribution in [0.15, 0.2) is 0 Å². The summed E-state index contributed by atoms with van der Waals surface area (Å²) in [6, 6.07) is 0. The minimum atomic E-state index is 0.413. The lowest BCUT2D eigenvalue weighted by Gasteiger charge is -2.15. The molecule has 0 saturated carbocycles. The molecule has 0 amide bonds. The van der Waals surface area contributed by atoms with E-state index < -0.39 is 0 Å². The summed E-state index contributed by atoms with van der Waals surface area (Å²) in [6.45, 7) is 7.77. The normalized spacial score (nSPS) is 30.5. The van der Waals surface area contributed by atoms with Crippen LogP contribution in [0.3, 0.4) is 0 Å². The molecule has 0 aliphatic carbocycles. The Kier molecular flexibility index (Phi) is 3.59. The largest absolute Gasteiger partial charge is 0.378 e. The lowest BCUT2D eigenvalue weighted by Crippen LogP contribution is -2.13. The van der Waals surface area contributed by atoms with E-state index in [1.807, 2.05) is 0 Å². The van der Waals surface area contributed by atoms with Gasteiger partial charge < -0.3 is 4.74 Å². The maximum atomic E-state index is 5.72. The van der Waals surface area contributed by atoms with Gasteiger partial charge in [0.15, 0.2) is 0 Å². The van der Waals surface area contributed by atoms with E-state index in [-0.39, 0.29) is 0 Å². The van der Waals surface area contributed by atoms with E-state index in [0.29, 0.717) is 11.5 Å². The zero-order valence-electron chi connectivity index (χ0n) is 8.27. The summed E-state index contributed by atoms with van der Waals surface area (Å²) in [6.07, 6.45) is 2.94. The van der Waals surface area contributed by atoms with Gasteiger partial charge in [0.1, 0.15) is 0 Å². The first-order valence-corrected chi connectivity index (χ1v) is 5.83. The van der Waals surface area contributed by atoms with Crippen molar-refractivity contribution < 1.29 is 4.74 Å². The van der Waals surface area contributed by atoms with Crippen molar-refractivity contribution in [3.63, 3.8) is 0 Å². The fourth-order valence-electron chi connectivity index (χ4n) is 1.74. The maximum Gasteiger partial charge on any atom is 0.0584 e. The average Bonchev–Trinajstić information content (AvgIpc) is 2.30. The lowest BCUT2D eigenvalue weighted by molar-refractivity contribution is 0.0857. The first kappa shape index (κ1) is 10.5. The first-order chi connectivity index (χ1) is 5.53. The molecule has 0 radical (unpaired) electrons. The minimum absolute atomic E-state index is 0.413. The summed E-state index contributed by atoms with van der Waals surface area (Å²) in [5.74, 6) is 0.740. The van der Waals surface area contributed by atoms with Crippen LogP contribution in [-0.4, -0.2) is 18.0 Å². The average molecular weight is 235 g/mol. The van der Waals surface area contributed by atoms with E-state index in [2.05, 4.69) is 36.7 Å². The van der Waals surface area contributed by atoms with E-state index in [9.17, 15) is 0 Å². The third-order valence-corrected chi connectivity index (χ3v) is 3.52. The van der Waals surface area contributed by atoms with Crippen molar-refractivity contribution in [1.29, 1.82) is 0 Å². The van der Waals surface area contributed by atoms with Gasteiger partial charge in [-0.2, -0.15) is 0 Å². The SMILES string of the molecule is CC(CBr)CC1CC(C)(C)CO1. The van der Waals surface area contributed by atoms with Gasteiger partial charge in [-0.05, 0) is 24.2 Å². The Morgan fingerprint density at radius 3 is 2.67 bits per heavy atom. The van der Waals surface area contributed by atoms with Crippen molar-refractivity contribution in [2.45, 2.75) is 39.7 Å². The number of hydrogen-bond acceptors (Lipinski definition) is 1. The highest BCUT2D eigenvalue weighted by Crippen LogP contribution is 2.34. The summed E-state index contributed by atoms with van der Waals surface area (Å²) in [4.78, 5) is 0. The smallest absolute Gasteiger partial charge is 0.0584 e. The molecule has 2 heteroatoms. The third-order valence-electron chi connectivity index (χ3n) is 2.42. The van der Waals surface area contributed by atoms with Crippen LogP contribution in [0, 0.1) is 11.3 Å². The van der Waals surface area contributed by atoms with Crippen molar-refractivity contribution in [1.82, 2.24) is 0 Å². The number of hydrogen-bond donors (Lipinski definition) is 0. The Hall–Kier alpha value is 0.440. The monoisotopic (exact) mass is 234 g/mol. The van der Waals surface area contributed by atoms with Crippen LogP contribution in [0.25, 0.3) is 0 Å². The lowest BCUT2D eigenvalue weighted by atomic mass is 9.88. The third kappa shape index (κ3) is 3.06. The summed E-state index contributed by atoms with van der Waals surface area (Å²) in [7, 11) is 0. The molecule has 1 nitrogen and oxygen atoms in total. The minimum Gasteiger partial charge on any atom is -0.378 e. The van der Waals surface area contributed by atoms with Gasteiger partial charge in [-0.3, -0.25) is 0 Å². The first-order valence-electron chi connectivity index (χ1n) is 4.71. The second-order valence-electron chi connectivity index (χ2n) is 4.80. The maximum absolute atomic E-state index is 5.72. The number of rotatable bonds is 3. The Bertz CT molecular complexity index is 145. The van der Waals surface area contributed by atoms with Gasteiger partial charge in [-0.1, -0.05) is 36.7 Å². The van der Waals surface area contributed by atoms with Crippen LogP contribution in [0.4, 0.5) is 0 Å². The molecule has 0 aromatic rings. The van der Waals surface area contributed by atoms with Gasteiger partial charge in [0.05, 0.1) is 12.7 Å². The van der Waals surface area contributed by atoms with E-state index in [4.69, 9.17) is 4.74 Å². The van der Waals surface area contributed by atoms with Gasteiger partial charge in [0.2, 0.25) is 0 Å². The molecule has 1 aliphatic heterocycles. The van der Waals surface area contributed by atoms with Crippen molar-refractivity contribution in [3.05, 3.63) is 0 Å². The van der Waals surface area contributed by atoms with Gasteiger partial charge in [-0.25, -0.2) is 0 Å². The van der Waals surface area contributed by atoms with Crippen LogP contribution < -0.4 is 0 Å². The fourth-order valence-corrected chi connectivity index (χ4v) is 2.01. The number of ether oxygens (including phenoxy) is 1. The molecule has 0 aromatic heterocycles. The molecule has 1 fully saturated rings. The van der Waals surface area contributed by atoms with E-state index >= 15 is 0 Å². The van der Waals surface area contributed by atoms with E-state index in [1.165, 1.54) is 12.8 Å². The quantitative estimate of drug-likeness (QED) is 0.682. The molecule has 1 heterocycles. The molecule has 2 unspecified atom stereocenters. The van der Waals surface area contributed by atoms with Gasteiger partial charge in [-0.15, -0.1) is 0 Å². The highest BCUT2D eigenvalue weighted by atomic mass is 79.9. The van der Waals surface area contributed by atoms with Crippen LogP contribution in [-0.2, 0) is 4.74 Å². The van der Waals surface area contributed by atoms with Gasteiger partial charge in [0.25, 0.3) is 0 Å². The summed E-state index contributed by atoms with van der Waals surface area (Å²) >= 11 is 3.50. The van der Waals surface area contributed by atoms with Gasteiger partial charge in [0, 0.05) is 5.33 Å². The summed E-state index contributed by atoms with van der Waals surface area (Å²) in [5, 5.41) is 1.09. The summed E-state index contributed by atoms with van der Waals surface area (Å²) < 4.78 is 5.72. The molecule has 0 spiro atoms. The second-order valence-corrected chi connectivity index (χ2v) is 5.44. The highest BCUT2D eigenvalue weighted by molar-refractivity contribution is 9.09. The molecular formula is C10H19BrO. The number of alkyl halides is 1. The topological polar surface area (TPSA) is 9.23 Å². The Morgan fingerprint density at radius 2 is 2.25 bits per heavy atom. The number of halogens is 1. The molecule has 1 aliphatic rings. The molecule has 0 N–H and O–H groups in total. The molecule has 72 valence electrons. The van der Waals surface area contributed by atoms with Gasteiger partial charge >= 0.3 is 0 Å². The Balaban J connectivity index is 2.28. The molecule has 1 rings (SSSR count). The van der Waals surface area contributed by atoms with Crippen LogP contribution in [0.5, 0.6) is 0 Å². The zero-order chi connectivity index (χ0) is 9.19. The molecule has 0 aromatic carbocycles. The predicted molar refractivity (Wildman–Crippen MR) is 55.7 cm³/mol. The molecular weight excluding hydrogens is 216 g/mol. The van der Waals surface area contributed by atoms with E-state index in [0.717, 1.165) is 17.9 Å². The van der Waals surface area contributed by atoms with Crippen LogP contribution >= 0.6 is 15.9 Å². The van der Waals surface area contributed by atoms with Crippen molar-refractivity contribution >= 4 is 15.9 Å². The standard InChI is InChI=1S/C10H19BrO/c1-8(6-11)4-9-5-10(2,3)7-12-9/h8-9H,4-7H2,1-3H3. The van der Waals surface area contributed by atoms with Crippen molar-refractivity contribution in [2.24, 2.45) is 11.3 Å². The molecule has 1 saturated heterocycles. The molecule has 0 bridgehead atoms.